The third-order valence-electron chi connectivity index (χ3n) is 4.84. The summed E-state index contributed by atoms with van der Waals surface area (Å²) in [6.07, 6.45) is 0.900. The molecule has 3 aromatic rings. The molecule has 0 spiro atoms. The first-order valence-electron chi connectivity index (χ1n) is 9.91. The van der Waals surface area contributed by atoms with E-state index in [1.54, 1.807) is 24.3 Å². The van der Waals surface area contributed by atoms with E-state index in [1.165, 1.54) is 0 Å². The molecule has 0 aromatic heterocycles. The Balaban J connectivity index is 1.52. The summed E-state index contributed by atoms with van der Waals surface area (Å²) in [7, 11) is -3.62. The molecule has 0 radical (unpaired) electrons. The van der Waals surface area contributed by atoms with E-state index < -0.39 is 10.0 Å². The van der Waals surface area contributed by atoms with Crippen LogP contribution in [0.2, 0.25) is 0 Å². The van der Waals surface area contributed by atoms with Crippen LogP contribution in [0.15, 0.2) is 89.8 Å². The first-order valence-corrected chi connectivity index (χ1v) is 11.4. The number of rotatable bonds is 9. The van der Waals surface area contributed by atoms with Crippen molar-refractivity contribution in [1.82, 2.24) is 10.0 Å². The normalized spacial score (nSPS) is 12.3. The van der Waals surface area contributed by atoms with Gasteiger partial charge < -0.3 is 5.32 Å². The van der Waals surface area contributed by atoms with Crippen molar-refractivity contribution in [1.29, 1.82) is 0 Å². The molecule has 2 N–H and O–H groups in total. The van der Waals surface area contributed by atoms with Crippen molar-refractivity contribution >= 4 is 15.9 Å². The van der Waals surface area contributed by atoms with Crippen LogP contribution >= 0.6 is 0 Å². The number of nitrogens with one attached hydrogen (secondary N) is 2. The molecule has 0 unspecified atom stereocenters. The molecule has 6 heteroatoms. The van der Waals surface area contributed by atoms with Crippen LogP contribution in [-0.2, 0) is 27.8 Å². The minimum atomic E-state index is -3.62. The molecular formula is C24H26N2O3S. The highest BCUT2D eigenvalue weighted by Gasteiger charge is 2.18. The van der Waals surface area contributed by atoms with Gasteiger partial charge in [0, 0.05) is 19.0 Å². The SMILES string of the molecule is C[C@@H](NS(=O)(=O)c1ccc(CCC(=O)NCc2ccccc2)cc1)c1ccccc1. The molecule has 30 heavy (non-hydrogen) atoms. The molecule has 1 amide bonds. The topological polar surface area (TPSA) is 75.3 Å². The fraction of sp³-hybridized carbons (Fsp3) is 0.208. The lowest BCUT2D eigenvalue weighted by atomic mass is 10.1. The Labute approximate surface area is 178 Å². The molecule has 0 fully saturated rings. The van der Waals surface area contributed by atoms with E-state index in [1.807, 2.05) is 67.6 Å². The zero-order chi connectivity index (χ0) is 21.4. The van der Waals surface area contributed by atoms with Crippen molar-refractivity contribution in [3.8, 4) is 0 Å². The van der Waals surface area contributed by atoms with E-state index in [4.69, 9.17) is 0 Å². The summed E-state index contributed by atoms with van der Waals surface area (Å²) in [5.74, 6) is -0.0334. The van der Waals surface area contributed by atoms with Gasteiger partial charge in [-0.1, -0.05) is 72.8 Å². The Bertz CT molecular complexity index is 1050. The summed E-state index contributed by atoms with van der Waals surface area (Å²) in [5.41, 5.74) is 2.87. The number of hydrogen-bond donors (Lipinski definition) is 2. The van der Waals surface area contributed by atoms with Crippen molar-refractivity contribution in [2.24, 2.45) is 0 Å². The molecule has 0 saturated carbocycles. The largest absolute Gasteiger partial charge is 0.352 e. The number of benzene rings is 3. The Morgan fingerprint density at radius 2 is 1.43 bits per heavy atom. The maximum absolute atomic E-state index is 12.6. The van der Waals surface area contributed by atoms with Crippen molar-refractivity contribution in [3.63, 3.8) is 0 Å². The molecule has 156 valence electrons. The standard InChI is InChI=1S/C24H26N2O3S/c1-19(22-10-6-3-7-11-22)26-30(28,29)23-15-12-20(13-16-23)14-17-24(27)25-18-21-8-4-2-5-9-21/h2-13,15-16,19,26H,14,17-18H2,1H3,(H,25,27)/t19-/m1/s1. The molecule has 1 atom stereocenters. The molecular weight excluding hydrogens is 396 g/mol. The van der Waals surface area contributed by atoms with E-state index in [-0.39, 0.29) is 16.8 Å². The van der Waals surface area contributed by atoms with Gasteiger partial charge in [0.05, 0.1) is 4.90 Å². The summed E-state index contributed by atoms with van der Waals surface area (Å²) >= 11 is 0. The lowest BCUT2D eigenvalue weighted by molar-refractivity contribution is -0.121. The van der Waals surface area contributed by atoms with Gasteiger partial charge in [0.2, 0.25) is 15.9 Å². The average molecular weight is 423 g/mol. The summed E-state index contributed by atoms with van der Waals surface area (Å²) in [6, 6.07) is 25.5. The van der Waals surface area contributed by atoms with E-state index >= 15 is 0 Å². The van der Waals surface area contributed by atoms with Crippen LogP contribution in [0.25, 0.3) is 0 Å². The summed E-state index contributed by atoms with van der Waals surface area (Å²) in [4.78, 5) is 12.3. The number of aryl methyl sites for hydroxylation is 1. The maximum atomic E-state index is 12.6. The van der Waals surface area contributed by atoms with E-state index in [0.717, 1.165) is 16.7 Å². The maximum Gasteiger partial charge on any atom is 0.241 e. The molecule has 0 aliphatic rings. The second-order valence-electron chi connectivity index (χ2n) is 7.16. The molecule has 3 aromatic carbocycles. The van der Waals surface area contributed by atoms with Crippen molar-refractivity contribution < 1.29 is 13.2 Å². The molecule has 0 aliphatic heterocycles. The number of carbonyl (C=O) groups excluding carboxylic acids is 1. The van der Waals surface area contributed by atoms with Crippen LogP contribution in [0.3, 0.4) is 0 Å². The molecule has 0 saturated heterocycles. The Morgan fingerprint density at radius 3 is 2.07 bits per heavy atom. The average Bonchev–Trinajstić information content (AvgIpc) is 2.77. The Morgan fingerprint density at radius 1 is 0.833 bits per heavy atom. The Kier molecular flexibility index (Phi) is 7.38. The van der Waals surface area contributed by atoms with E-state index in [2.05, 4.69) is 10.0 Å². The predicted octanol–water partition coefficient (Wildman–Crippen LogP) is 3.98. The molecule has 5 nitrogen and oxygen atoms in total. The van der Waals surface area contributed by atoms with Gasteiger partial charge in [0.15, 0.2) is 0 Å². The monoisotopic (exact) mass is 422 g/mol. The number of carbonyl (C=O) groups is 1. The summed E-state index contributed by atoms with van der Waals surface area (Å²) in [6.45, 7) is 2.32. The van der Waals surface area contributed by atoms with Gasteiger partial charge in [-0.25, -0.2) is 13.1 Å². The summed E-state index contributed by atoms with van der Waals surface area (Å²) in [5, 5.41) is 2.90. The number of sulfonamides is 1. The van der Waals surface area contributed by atoms with Crippen LogP contribution in [0.1, 0.15) is 36.1 Å². The highest BCUT2D eigenvalue weighted by Crippen LogP contribution is 2.17. The van der Waals surface area contributed by atoms with Crippen LogP contribution in [0.4, 0.5) is 0 Å². The van der Waals surface area contributed by atoms with Crippen molar-refractivity contribution in [3.05, 3.63) is 102 Å². The third kappa shape index (κ3) is 6.27. The highest BCUT2D eigenvalue weighted by atomic mass is 32.2. The zero-order valence-electron chi connectivity index (χ0n) is 16.9. The van der Waals surface area contributed by atoms with Gasteiger partial charge >= 0.3 is 0 Å². The third-order valence-corrected chi connectivity index (χ3v) is 6.40. The zero-order valence-corrected chi connectivity index (χ0v) is 17.7. The molecule has 0 bridgehead atoms. The molecule has 0 heterocycles. The minimum absolute atomic E-state index is 0.0334. The van der Waals surface area contributed by atoms with Gasteiger partial charge in [-0.05, 0) is 42.2 Å². The number of hydrogen-bond acceptors (Lipinski definition) is 3. The Hall–Kier alpha value is -2.96. The van der Waals surface area contributed by atoms with Gasteiger partial charge in [0.25, 0.3) is 0 Å². The van der Waals surface area contributed by atoms with Gasteiger partial charge in [-0.3, -0.25) is 4.79 Å². The first-order chi connectivity index (χ1) is 14.4. The lowest BCUT2D eigenvalue weighted by Gasteiger charge is -2.15. The minimum Gasteiger partial charge on any atom is -0.352 e. The van der Waals surface area contributed by atoms with Crippen molar-refractivity contribution in [2.45, 2.75) is 37.2 Å². The van der Waals surface area contributed by atoms with Crippen LogP contribution in [0.5, 0.6) is 0 Å². The first kappa shape index (κ1) is 21.7. The van der Waals surface area contributed by atoms with Crippen LogP contribution < -0.4 is 10.0 Å². The van der Waals surface area contributed by atoms with Gasteiger partial charge in [-0.15, -0.1) is 0 Å². The smallest absolute Gasteiger partial charge is 0.241 e. The highest BCUT2D eigenvalue weighted by molar-refractivity contribution is 7.89. The quantitative estimate of drug-likeness (QED) is 0.548. The van der Waals surface area contributed by atoms with E-state index in [9.17, 15) is 13.2 Å². The van der Waals surface area contributed by atoms with Gasteiger partial charge in [0.1, 0.15) is 0 Å². The van der Waals surface area contributed by atoms with Gasteiger partial charge in [-0.2, -0.15) is 0 Å². The second-order valence-corrected chi connectivity index (χ2v) is 8.87. The number of amides is 1. The second kappa shape index (κ2) is 10.2. The fourth-order valence-corrected chi connectivity index (χ4v) is 4.32. The lowest BCUT2D eigenvalue weighted by Crippen LogP contribution is -2.26. The molecule has 3 rings (SSSR count). The predicted molar refractivity (Wildman–Crippen MR) is 118 cm³/mol. The summed E-state index contributed by atoms with van der Waals surface area (Å²) < 4.78 is 28.0. The van der Waals surface area contributed by atoms with E-state index in [0.29, 0.717) is 19.4 Å². The van der Waals surface area contributed by atoms with Crippen LogP contribution in [-0.4, -0.2) is 14.3 Å². The van der Waals surface area contributed by atoms with Crippen LogP contribution in [0, 0.1) is 0 Å². The van der Waals surface area contributed by atoms with Crippen molar-refractivity contribution in [2.75, 3.05) is 0 Å². The fourth-order valence-electron chi connectivity index (χ4n) is 3.09. The molecule has 0 aliphatic carbocycles.